The largest absolute Gasteiger partial charge is 0.374 e. The van der Waals surface area contributed by atoms with Crippen molar-refractivity contribution >= 4 is 17.6 Å². The molecule has 6 heteroatoms. The number of benzene rings is 1. The Morgan fingerprint density at radius 1 is 1.15 bits per heavy atom. The summed E-state index contributed by atoms with van der Waals surface area (Å²) in [5.74, 6) is 0.325. The van der Waals surface area contributed by atoms with Crippen LogP contribution in [0.15, 0.2) is 24.3 Å². The normalized spacial score (nSPS) is 20.9. The van der Waals surface area contributed by atoms with Crippen LogP contribution in [-0.4, -0.2) is 56.1 Å². The number of nitrogens with zero attached hydrogens (tertiary/aromatic N) is 2. The molecule has 142 valence electrons. The monoisotopic (exact) mass is 358 g/mol. The Hall–Kier alpha value is -2.24. The second-order valence-electron chi connectivity index (χ2n) is 7.43. The minimum atomic E-state index is -0.488. The van der Waals surface area contributed by atoms with Crippen LogP contribution in [0.25, 0.3) is 0 Å². The van der Waals surface area contributed by atoms with Crippen LogP contribution in [0.2, 0.25) is 0 Å². The summed E-state index contributed by atoms with van der Waals surface area (Å²) in [6.45, 7) is 4.94. The highest BCUT2D eigenvalue weighted by Crippen LogP contribution is 2.33. The Morgan fingerprint density at radius 2 is 1.88 bits per heavy atom. The number of urea groups is 1. The van der Waals surface area contributed by atoms with Gasteiger partial charge in [0, 0.05) is 44.8 Å². The predicted octanol–water partition coefficient (Wildman–Crippen LogP) is 2.31. The predicted molar refractivity (Wildman–Crippen MR) is 103 cm³/mol. The fourth-order valence-electron chi connectivity index (χ4n) is 3.93. The third kappa shape index (κ3) is 4.29. The van der Waals surface area contributed by atoms with Gasteiger partial charge in [0.1, 0.15) is 6.04 Å². The lowest BCUT2D eigenvalue weighted by Gasteiger charge is -2.33. The summed E-state index contributed by atoms with van der Waals surface area (Å²) < 4.78 is 0. The zero-order valence-electron chi connectivity index (χ0n) is 15.8. The second kappa shape index (κ2) is 8.43. The number of amides is 3. The number of likely N-dealkylation sites (tertiary alicyclic amines) is 1. The van der Waals surface area contributed by atoms with Gasteiger partial charge in [0.15, 0.2) is 0 Å². The van der Waals surface area contributed by atoms with E-state index < -0.39 is 6.04 Å². The van der Waals surface area contributed by atoms with Crippen LogP contribution in [0.1, 0.15) is 44.1 Å². The molecule has 2 aliphatic rings. The molecule has 0 aliphatic carbocycles. The first-order valence-corrected chi connectivity index (χ1v) is 9.69. The fourth-order valence-corrected chi connectivity index (χ4v) is 3.93. The molecule has 26 heavy (non-hydrogen) atoms. The van der Waals surface area contributed by atoms with Crippen LogP contribution in [-0.2, 0) is 4.79 Å². The zero-order chi connectivity index (χ0) is 18.5. The number of rotatable bonds is 4. The number of piperidine rings is 1. The number of anilines is 1. The van der Waals surface area contributed by atoms with Gasteiger partial charge < -0.3 is 20.4 Å². The minimum Gasteiger partial charge on any atom is -0.374 e. The quantitative estimate of drug-likeness (QED) is 0.868. The third-order valence-electron chi connectivity index (χ3n) is 5.50. The van der Waals surface area contributed by atoms with Gasteiger partial charge in [0.25, 0.3) is 0 Å². The first-order chi connectivity index (χ1) is 12.6. The number of hydrogen-bond acceptors (Lipinski definition) is 3. The summed E-state index contributed by atoms with van der Waals surface area (Å²) in [6, 6.07) is 7.60. The molecule has 2 aliphatic heterocycles. The van der Waals surface area contributed by atoms with E-state index in [2.05, 4.69) is 34.7 Å². The standard InChI is InChI=1S/C20H30N4O2/c1-15(19(25)24-11-6-3-7-12-24)22-20(26)21-14-16-10-13-23(2)18-9-5-4-8-17(16)18/h4-5,8-9,15-16H,3,6-7,10-14H2,1-2H3,(H2,21,22,26). The molecule has 2 heterocycles. The lowest BCUT2D eigenvalue weighted by atomic mass is 9.90. The average molecular weight is 358 g/mol. The Balaban J connectivity index is 1.50. The van der Waals surface area contributed by atoms with Crippen molar-refractivity contribution in [2.45, 2.75) is 44.6 Å². The maximum atomic E-state index is 12.4. The van der Waals surface area contributed by atoms with Crippen molar-refractivity contribution in [2.75, 3.05) is 38.1 Å². The SMILES string of the molecule is CC(NC(=O)NCC1CCN(C)c2ccccc21)C(=O)N1CCCCC1. The average Bonchev–Trinajstić information content (AvgIpc) is 2.67. The summed E-state index contributed by atoms with van der Waals surface area (Å²) >= 11 is 0. The number of para-hydroxylation sites is 1. The summed E-state index contributed by atoms with van der Waals surface area (Å²) in [7, 11) is 2.10. The number of hydrogen-bond donors (Lipinski definition) is 2. The van der Waals surface area contributed by atoms with E-state index in [0.29, 0.717) is 12.5 Å². The van der Waals surface area contributed by atoms with Gasteiger partial charge in [-0.1, -0.05) is 18.2 Å². The zero-order valence-corrected chi connectivity index (χ0v) is 15.8. The van der Waals surface area contributed by atoms with E-state index in [-0.39, 0.29) is 11.9 Å². The molecule has 2 unspecified atom stereocenters. The molecule has 0 aromatic heterocycles. The Morgan fingerprint density at radius 3 is 2.65 bits per heavy atom. The van der Waals surface area contributed by atoms with Crippen LogP contribution in [0, 0.1) is 0 Å². The topological polar surface area (TPSA) is 64.7 Å². The highest BCUT2D eigenvalue weighted by Gasteiger charge is 2.25. The fraction of sp³-hybridized carbons (Fsp3) is 0.600. The molecular weight excluding hydrogens is 328 g/mol. The molecule has 2 atom stereocenters. The Kier molecular flexibility index (Phi) is 6.01. The molecule has 0 bridgehead atoms. The number of carbonyl (C=O) groups excluding carboxylic acids is 2. The van der Waals surface area contributed by atoms with Gasteiger partial charge >= 0.3 is 6.03 Å². The van der Waals surface area contributed by atoms with Crippen molar-refractivity contribution in [2.24, 2.45) is 0 Å². The highest BCUT2D eigenvalue weighted by atomic mass is 16.2. The van der Waals surface area contributed by atoms with E-state index in [9.17, 15) is 9.59 Å². The van der Waals surface area contributed by atoms with Crippen molar-refractivity contribution in [1.29, 1.82) is 0 Å². The minimum absolute atomic E-state index is 0.0180. The van der Waals surface area contributed by atoms with Gasteiger partial charge in [-0.25, -0.2) is 4.79 Å². The first-order valence-electron chi connectivity index (χ1n) is 9.69. The smallest absolute Gasteiger partial charge is 0.315 e. The summed E-state index contributed by atoms with van der Waals surface area (Å²) in [4.78, 5) is 28.8. The van der Waals surface area contributed by atoms with Gasteiger partial charge in [0.05, 0.1) is 0 Å². The van der Waals surface area contributed by atoms with Gasteiger partial charge in [-0.15, -0.1) is 0 Å². The first kappa shape index (κ1) is 18.5. The summed E-state index contributed by atoms with van der Waals surface area (Å²) in [5, 5.41) is 5.76. The molecule has 6 nitrogen and oxygen atoms in total. The van der Waals surface area contributed by atoms with Crippen LogP contribution in [0.4, 0.5) is 10.5 Å². The number of nitrogens with one attached hydrogen (secondary N) is 2. The second-order valence-corrected chi connectivity index (χ2v) is 7.43. The highest BCUT2D eigenvalue weighted by molar-refractivity contribution is 5.86. The molecule has 1 aromatic carbocycles. The van der Waals surface area contributed by atoms with Crippen molar-refractivity contribution in [3.05, 3.63) is 29.8 Å². The third-order valence-corrected chi connectivity index (χ3v) is 5.50. The van der Waals surface area contributed by atoms with Gasteiger partial charge in [-0.05, 0) is 44.2 Å². The molecule has 0 saturated carbocycles. The van der Waals surface area contributed by atoms with Gasteiger partial charge in [0.2, 0.25) is 5.91 Å². The van der Waals surface area contributed by atoms with Crippen molar-refractivity contribution in [3.8, 4) is 0 Å². The van der Waals surface area contributed by atoms with Crippen LogP contribution < -0.4 is 15.5 Å². The Bertz CT molecular complexity index is 642. The van der Waals surface area contributed by atoms with Crippen LogP contribution >= 0.6 is 0 Å². The molecule has 1 saturated heterocycles. The molecule has 3 amide bonds. The van der Waals surface area contributed by atoms with Crippen LogP contribution in [0.3, 0.4) is 0 Å². The molecule has 0 spiro atoms. The maximum absolute atomic E-state index is 12.4. The van der Waals surface area contributed by atoms with E-state index in [1.165, 1.54) is 17.7 Å². The lowest BCUT2D eigenvalue weighted by molar-refractivity contribution is -0.133. The molecule has 0 radical (unpaired) electrons. The van der Waals surface area contributed by atoms with E-state index >= 15 is 0 Å². The van der Waals surface area contributed by atoms with Crippen LogP contribution in [0.5, 0.6) is 0 Å². The summed E-state index contributed by atoms with van der Waals surface area (Å²) in [6.07, 6.45) is 4.31. The number of carbonyl (C=O) groups is 2. The van der Waals surface area contributed by atoms with Gasteiger partial charge in [-0.3, -0.25) is 4.79 Å². The molecule has 1 aromatic rings. The van der Waals surface area contributed by atoms with E-state index in [1.807, 2.05) is 17.0 Å². The van der Waals surface area contributed by atoms with Crippen molar-refractivity contribution in [3.63, 3.8) is 0 Å². The molecular formula is C20H30N4O2. The molecule has 2 N–H and O–H groups in total. The van der Waals surface area contributed by atoms with Crippen molar-refractivity contribution < 1.29 is 9.59 Å². The number of fused-ring (bicyclic) bond motifs is 1. The molecule has 3 rings (SSSR count). The maximum Gasteiger partial charge on any atom is 0.315 e. The van der Waals surface area contributed by atoms with Gasteiger partial charge in [-0.2, -0.15) is 0 Å². The molecule has 1 fully saturated rings. The summed E-state index contributed by atoms with van der Waals surface area (Å²) in [5.41, 5.74) is 2.51. The lowest BCUT2D eigenvalue weighted by Crippen LogP contribution is -2.51. The van der Waals surface area contributed by atoms with E-state index in [0.717, 1.165) is 38.9 Å². The van der Waals surface area contributed by atoms with E-state index in [1.54, 1.807) is 6.92 Å². The Labute approximate surface area is 155 Å². The van der Waals surface area contributed by atoms with Crippen molar-refractivity contribution in [1.82, 2.24) is 15.5 Å². The van der Waals surface area contributed by atoms with E-state index in [4.69, 9.17) is 0 Å².